The van der Waals surface area contributed by atoms with Gasteiger partial charge in [-0.2, -0.15) is 26.3 Å². The normalized spacial score (nSPS) is 27.0. The molecule has 4 N–H and O–H groups in total. The number of aliphatic hydroxyl groups excluding tert-OH is 1. The van der Waals surface area contributed by atoms with E-state index < -0.39 is 67.9 Å². The highest BCUT2D eigenvalue weighted by Gasteiger charge is 2.47. The molecule has 0 bridgehead atoms. The summed E-state index contributed by atoms with van der Waals surface area (Å²) in [6.45, 7) is -2.42. The maximum Gasteiger partial charge on any atom is 0.411 e. The lowest BCUT2D eigenvalue weighted by atomic mass is 9.80. The average molecular weight is 393 g/mol. The summed E-state index contributed by atoms with van der Waals surface area (Å²) in [6, 6.07) is -3.30. The van der Waals surface area contributed by atoms with Crippen molar-refractivity contribution in [3.8, 4) is 0 Å². The number of piperidine rings is 1. The second kappa shape index (κ2) is 9.11. The van der Waals surface area contributed by atoms with E-state index in [1.165, 1.54) is 7.05 Å². The van der Waals surface area contributed by atoms with Crippen LogP contribution in [0, 0.1) is 17.2 Å². The number of aliphatic hydroxyl groups is 1. The molecule has 1 aliphatic rings. The Balaban J connectivity index is 2.91. The van der Waals surface area contributed by atoms with Crippen LogP contribution >= 0.6 is 0 Å². The van der Waals surface area contributed by atoms with Crippen molar-refractivity contribution in [1.82, 2.24) is 10.6 Å². The first kappa shape index (κ1) is 22.8. The lowest BCUT2D eigenvalue weighted by Crippen LogP contribution is -2.58. The zero-order valence-corrected chi connectivity index (χ0v) is 13.8. The summed E-state index contributed by atoms with van der Waals surface area (Å²) in [5.74, 6) is -3.20. The summed E-state index contributed by atoms with van der Waals surface area (Å²) in [7, 11) is 1.32. The molecule has 1 heterocycles. The third-order valence-electron chi connectivity index (χ3n) is 4.14. The summed E-state index contributed by atoms with van der Waals surface area (Å²) in [6.07, 6.45) is -10.8. The zero-order valence-electron chi connectivity index (χ0n) is 13.8. The fraction of sp³-hybridized carbons (Fsp3) is 0.857. The van der Waals surface area contributed by atoms with Crippen LogP contribution in [0.15, 0.2) is 0 Å². The molecular weight excluding hydrogens is 372 g/mol. The summed E-state index contributed by atoms with van der Waals surface area (Å²) in [5, 5.41) is 21.4. The predicted molar refractivity (Wildman–Crippen MR) is 78.7 cm³/mol. The molecule has 152 valence electrons. The van der Waals surface area contributed by atoms with E-state index in [2.05, 4.69) is 15.4 Å². The first-order valence-corrected chi connectivity index (χ1v) is 7.77. The molecule has 1 rings (SSSR count). The van der Waals surface area contributed by atoms with Crippen LogP contribution in [0.4, 0.5) is 26.3 Å². The first-order chi connectivity index (χ1) is 11.9. The third kappa shape index (κ3) is 6.49. The van der Waals surface area contributed by atoms with Crippen molar-refractivity contribution in [3.63, 3.8) is 0 Å². The Hall–Kier alpha value is -1.24. The van der Waals surface area contributed by atoms with Gasteiger partial charge in [0.2, 0.25) is 0 Å². The van der Waals surface area contributed by atoms with Crippen molar-refractivity contribution in [2.24, 2.45) is 11.8 Å². The second-order valence-corrected chi connectivity index (χ2v) is 6.01. The molecule has 0 saturated carbocycles. The topological polar surface area (TPSA) is 94.4 Å². The lowest BCUT2D eigenvalue weighted by Gasteiger charge is -2.38. The Morgan fingerprint density at radius 2 is 1.96 bits per heavy atom. The third-order valence-corrected chi connectivity index (χ3v) is 4.14. The minimum absolute atomic E-state index is 0.253. The number of carbonyl (C=O) groups is 1. The van der Waals surface area contributed by atoms with Crippen molar-refractivity contribution >= 4 is 12.0 Å². The van der Waals surface area contributed by atoms with Gasteiger partial charge in [-0.1, -0.05) is 0 Å². The van der Waals surface area contributed by atoms with E-state index in [0.717, 1.165) is 0 Å². The van der Waals surface area contributed by atoms with Gasteiger partial charge in [-0.15, -0.1) is 0 Å². The Morgan fingerprint density at radius 1 is 1.35 bits per heavy atom. The molecule has 5 unspecified atom stereocenters. The van der Waals surface area contributed by atoms with E-state index in [9.17, 15) is 36.2 Å². The molecular formula is C14H21F6N3O3. The Labute approximate surface area is 145 Å². The van der Waals surface area contributed by atoms with Crippen molar-refractivity contribution in [1.29, 1.82) is 5.41 Å². The standard InChI is InChI=1S/C14H21F6N3O3/c1-22-12(25)8(4-21)11(24)7-2-3-10(14(18,19)20)23-9(7)5-26-6-13(15,16)17/h4,7-10,12,21-23,25H,2-3,5-6H2,1H3. The number of Topliss-reactive ketones (excluding diaryl/α,β-unsaturated/α-hetero) is 1. The minimum atomic E-state index is -4.66. The number of nitrogens with one attached hydrogen (secondary N) is 3. The van der Waals surface area contributed by atoms with Gasteiger partial charge in [0.1, 0.15) is 24.7 Å². The molecule has 0 aliphatic carbocycles. The van der Waals surface area contributed by atoms with E-state index in [1.54, 1.807) is 0 Å². The molecule has 0 aromatic heterocycles. The van der Waals surface area contributed by atoms with Crippen LogP contribution < -0.4 is 10.6 Å². The van der Waals surface area contributed by atoms with Crippen molar-refractivity contribution in [3.05, 3.63) is 0 Å². The largest absolute Gasteiger partial charge is 0.411 e. The molecule has 6 nitrogen and oxygen atoms in total. The number of alkyl halides is 6. The van der Waals surface area contributed by atoms with Gasteiger partial charge in [-0.25, -0.2) is 0 Å². The molecule has 5 atom stereocenters. The molecule has 26 heavy (non-hydrogen) atoms. The molecule has 1 aliphatic heterocycles. The van der Waals surface area contributed by atoms with Gasteiger partial charge < -0.3 is 20.6 Å². The summed E-state index contributed by atoms with van der Waals surface area (Å²) >= 11 is 0. The number of ether oxygens (including phenoxy) is 1. The van der Waals surface area contributed by atoms with Crippen molar-refractivity contribution in [2.75, 3.05) is 20.3 Å². The Morgan fingerprint density at radius 3 is 2.42 bits per heavy atom. The van der Waals surface area contributed by atoms with Gasteiger partial charge in [0.15, 0.2) is 0 Å². The molecule has 1 fully saturated rings. The fourth-order valence-corrected chi connectivity index (χ4v) is 2.83. The van der Waals surface area contributed by atoms with Crippen LogP contribution in [-0.2, 0) is 9.53 Å². The average Bonchev–Trinajstić information content (AvgIpc) is 2.53. The van der Waals surface area contributed by atoms with Crippen LogP contribution in [0.25, 0.3) is 0 Å². The highest BCUT2D eigenvalue weighted by Crippen LogP contribution is 2.32. The van der Waals surface area contributed by atoms with E-state index in [0.29, 0.717) is 6.21 Å². The van der Waals surface area contributed by atoms with E-state index in [-0.39, 0.29) is 6.42 Å². The maximum atomic E-state index is 12.9. The van der Waals surface area contributed by atoms with Crippen LogP contribution in [0.3, 0.4) is 0 Å². The second-order valence-electron chi connectivity index (χ2n) is 6.01. The Kier molecular flexibility index (Phi) is 7.99. The molecule has 1 saturated heterocycles. The van der Waals surface area contributed by atoms with E-state index >= 15 is 0 Å². The van der Waals surface area contributed by atoms with Gasteiger partial charge in [-0.3, -0.25) is 10.1 Å². The number of carbonyl (C=O) groups excluding carboxylic acids is 1. The lowest BCUT2D eigenvalue weighted by molar-refractivity contribution is -0.185. The van der Waals surface area contributed by atoms with Gasteiger partial charge >= 0.3 is 12.4 Å². The molecule has 0 spiro atoms. The van der Waals surface area contributed by atoms with Crippen molar-refractivity contribution in [2.45, 2.75) is 43.5 Å². The maximum absolute atomic E-state index is 12.9. The minimum Gasteiger partial charge on any atom is -0.377 e. The number of ketones is 1. The summed E-state index contributed by atoms with van der Waals surface area (Å²) < 4.78 is 79.8. The molecule has 0 aromatic carbocycles. The number of rotatable bonds is 8. The molecule has 0 aromatic rings. The SMILES string of the molecule is CNC(O)C(C=N)C(=O)C1CCC(C(F)(F)F)NC1COCC(F)(F)F. The highest BCUT2D eigenvalue weighted by molar-refractivity contribution is 5.96. The van der Waals surface area contributed by atoms with Gasteiger partial charge in [-0.05, 0) is 19.9 Å². The van der Waals surface area contributed by atoms with Crippen LogP contribution in [0.2, 0.25) is 0 Å². The van der Waals surface area contributed by atoms with Gasteiger partial charge in [0.25, 0.3) is 0 Å². The van der Waals surface area contributed by atoms with Crippen molar-refractivity contribution < 1.29 is 41.0 Å². The number of halogens is 6. The van der Waals surface area contributed by atoms with Crippen LogP contribution in [0.5, 0.6) is 0 Å². The smallest absolute Gasteiger partial charge is 0.377 e. The number of hydrogen-bond donors (Lipinski definition) is 4. The van der Waals surface area contributed by atoms with Gasteiger partial charge in [0.05, 0.1) is 12.5 Å². The zero-order chi connectivity index (χ0) is 20.1. The highest BCUT2D eigenvalue weighted by atomic mass is 19.4. The Bertz CT molecular complexity index is 486. The fourth-order valence-electron chi connectivity index (χ4n) is 2.83. The molecule has 0 amide bonds. The van der Waals surface area contributed by atoms with Gasteiger partial charge in [0, 0.05) is 18.2 Å². The van der Waals surface area contributed by atoms with E-state index in [4.69, 9.17) is 5.41 Å². The molecule has 12 heteroatoms. The number of hydrogen-bond acceptors (Lipinski definition) is 6. The van der Waals surface area contributed by atoms with Crippen LogP contribution in [0.1, 0.15) is 12.8 Å². The van der Waals surface area contributed by atoms with E-state index in [1.807, 2.05) is 0 Å². The molecule has 0 radical (unpaired) electrons. The monoisotopic (exact) mass is 393 g/mol. The predicted octanol–water partition coefficient (Wildman–Crippen LogP) is 1.24. The van der Waals surface area contributed by atoms with Crippen LogP contribution in [-0.4, -0.2) is 68.0 Å². The summed E-state index contributed by atoms with van der Waals surface area (Å²) in [4.78, 5) is 12.5. The first-order valence-electron chi connectivity index (χ1n) is 7.77. The quantitative estimate of drug-likeness (QED) is 0.283. The summed E-state index contributed by atoms with van der Waals surface area (Å²) in [5.41, 5.74) is 0.